The lowest BCUT2D eigenvalue weighted by atomic mass is 10.1. The molecule has 0 aliphatic carbocycles. The third-order valence-corrected chi connectivity index (χ3v) is 2.88. The highest BCUT2D eigenvalue weighted by atomic mass is 16.5. The lowest BCUT2D eigenvalue weighted by molar-refractivity contribution is -0.135. The zero-order valence-corrected chi connectivity index (χ0v) is 11.6. The van der Waals surface area contributed by atoms with Gasteiger partial charge >= 0.3 is 5.97 Å². The SMILES string of the molecule is O=C(O)/C(O)=C/C(=O)c1ccccc1OCc1ccccc1. The Morgan fingerprint density at radius 1 is 0.955 bits per heavy atom. The number of aliphatic hydroxyl groups is 1. The van der Waals surface area contributed by atoms with Gasteiger partial charge in [-0.2, -0.15) is 0 Å². The number of carboxylic acids is 1. The van der Waals surface area contributed by atoms with Crippen LogP contribution in [0.3, 0.4) is 0 Å². The third-order valence-electron chi connectivity index (χ3n) is 2.88. The molecule has 2 aromatic rings. The molecule has 2 aromatic carbocycles. The van der Waals surface area contributed by atoms with Gasteiger partial charge in [-0.05, 0) is 17.7 Å². The van der Waals surface area contributed by atoms with E-state index in [2.05, 4.69) is 0 Å². The Morgan fingerprint density at radius 3 is 2.27 bits per heavy atom. The largest absolute Gasteiger partial charge is 0.502 e. The number of carboxylic acid groups (broad SMARTS) is 1. The Hall–Kier alpha value is -3.08. The molecule has 0 aromatic heterocycles. The van der Waals surface area contributed by atoms with Crippen molar-refractivity contribution >= 4 is 11.8 Å². The minimum atomic E-state index is -1.56. The summed E-state index contributed by atoms with van der Waals surface area (Å²) in [6, 6.07) is 15.9. The van der Waals surface area contributed by atoms with Crippen molar-refractivity contribution in [3.8, 4) is 5.75 Å². The van der Waals surface area contributed by atoms with Gasteiger partial charge in [0.25, 0.3) is 0 Å². The predicted molar refractivity (Wildman–Crippen MR) is 79.9 cm³/mol. The average Bonchev–Trinajstić information content (AvgIpc) is 2.54. The number of allylic oxidation sites excluding steroid dienone is 1. The highest BCUT2D eigenvalue weighted by molar-refractivity contribution is 6.09. The maximum absolute atomic E-state index is 12.0. The van der Waals surface area contributed by atoms with Gasteiger partial charge in [-0.25, -0.2) is 4.79 Å². The lowest BCUT2D eigenvalue weighted by Gasteiger charge is -2.09. The summed E-state index contributed by atoms with van der Waals surface area (Å²) in [5, 5.41) is 17.8. The second-order valence-electron chi connectivity index (χ2n) is 4.47. The Labute approximate surface area is 127 Å². The molecule has 112 valence electrons. The Morgan fingerprint density at radius 2 is 1.59 bits per heavy atom. The Balaban J connectivity index is 2.18. The third kappa shape index (κ3) is 3.96. The smallest absolute Gasteiger partial charge is 0.371 e. The minimum absolute atomic E-state index is 0.186. The molecule has 0 unspecified atom stereocenters. The molecule has 0 amide bonds. The van der Waals surface area contributed by atoms with Gasteiger partial charge < -0.3 is 14.9 Å². The van der Waals surface area contributed by atoms with E-state index in [1.165, 1.54) is 6.07 Å². The van der Waals surface area contributed by atoms with Crippen molar-refractivity contribution in [2.75, 3.05) is 0 Å². The first-order chi connectivity index (χ1) is 10.6. The summed E-state index contributed by atoms with van der Waals surface area (Å²) in [5.41, 5.74) is 1.12. The maximum atomic E-state index is 12.0. The molecular weight excluding hydrogens is 284 g/mol. The predicted octanol–water partition coefficient (Wildman–Crippen LogP) is 2.97. The number of ether oxygens (including phenoxy) is 1. The fourth-order valence-corrected chi connectivity index (χ4v) is 1.80. The van der Waals surface area contributed by atoms with E-state index in [0.717, 1.165) is 5.56 Å². The van der Waals surface area contributed by atoms with E-state index in [9.17, 15) is 9.59 Å². The monoisotopic (exact) mass is 298 g/mol. The van der Waals surface area contributed by atoms with Crippen LogP contribution in [-0.4, -0.2) is 22.0 Å². The van der Waals surface area contributed by atoms with Crippen LogP contribution in [0, 0.1) is 0 Å². The Bertz CT molecular complexity index is 704. The summed E-state index contributed by atoms with van der Waals surface area (Å²) in [6.07, 6.45) is 0.660. The molecule has 5 heteroatoms. The second kappa shape index (κ2) is 7.08. The number of aliphatic carboxylic acids is 1. The van der Waals surface area contributed by atoms with E-state index in [1.807, 2.05) is 30.3 Å². The van der Waals surface area contributed by atoms with Gasteiger partial charge in [-0.15, -0.1) is 0 Å². The number of benzene rings is 2. The summed E-state index contributed by atoms with van der Waals surface area (Å²) in [5.74, 6) is -2.88. The zero-order valence-electron chi connectivity index (χ0n) is 11.6. The molecule has 2 N–H and O–H groups in total. The molecule has 0 atom stereocenters. The van der Waals surface area contributed by atoms with Crippen LogP contribution in [-0.2, 0) is 11.4 Å². The molecule has 0 bridgehead atoms. The maximum Gasteiger partial charge on any atom is 0.371 e. The summed E-state index contributed by atoms with van der Waals surface area (Å²) in [7, 11) is 0. The van der Waals surface area contributed by atoms with Crippen molar-refractivity contribution in [2.24, 2.45) is 0 Å². The quantitative estimate of drug-likeness (QED) is 0.486. The van der Waals surface area contributed by atoms with E-state index < -0.39 is 17.5 Å². The number of ketones is 1. The molecule has 22 heavy (non-hydrogen) atoms. The first-order valence-electron chi connectivity index (χ1n) is 6.52. The van der Waals surface area contributed by atoms with Crippen molar-refractivity contribution in [1.29, 1.82) is 0 Å². The number of carbonyl (C=O) groups is 2. The van der Waals surface area contributed by atoms with Crippen LogP contribution in [0.15, 0.2) is 66.4 Å². The van der Waals surface area contributed by atoms with Crippen molar-refractivity contribution in [3.05, 3.63) is 77.6 Å². The molecule has 2 rings (SSSR count). The lowest BCUT2D eigenvalue weighted by Crippen LogP contribution is -2.06. The fourth-order valence-electron chi connectivity index (χ4n) is 1.80. The zero-order chi connectivity index (χ0) is 15.9. The average molecular weight is 298 g/mol. The van der Waals surface area contributed by atoms with Gasteiger partial charge in [-0.1, -0.05) is 42.5 Å². The van der Waals surface area contributed by atoms with Crippen LogP contribution in [0.1, 0.15) is 15.9 Å². The van der Waals surface area contributed by atoms with Gasteiger partial charge in [0.05, 0.1) is 5.56 Å². The van der Waals surface area contributed by atoms with Crippen LogP contribution >= 0.6 is 0 Å². The van der Waals surface area contributed by atoms with Crippen LogP contribution in [0.25, 0.3) is 0 Å². The van der Waals surface area contributed by atoms with Crippen molar-refractivity contribution < 1.29 is 24.5 Å². The summed E-state index contributed by atoms with van der Waals surface area (Å²) in [4.78, 5) is 22.6. The fraction of sp³-hybridized carbons (Fsp3) is 0.0588. The van der Waals surface area contributed by atoms with Crippen LogP contribution in [0.5, 0.6) is 5.75 Å². The number of aliphatic hydroxyl groups excluding tert-OH is 1. The summed E-state index contributed by atoms with van der Waals surface area (Å²) in [6.45, 7) is 0.278. The van der Waals surface area contributed by atoms with E-state index >= 15 is 0 Å². The molecule has 0 spiro atoms. The van der Waals surface area contributed by atoms with E-state index in [4.69, 9.17) is 14.9 Å². The van der Waals surface area contributed by atoms with Crippen LogP contribution in [0.2, 0.25) is 0 Å². The van der Waals surface area contributed by atoms with Crippen molar-refractivity contribution in [3.63, 3.8) is 0 Å². The molecule has 0 fully saturated rings. The minimum Gasteiger partial charge on any atom is -0.502 e. The molecule has 5 nitrogen and oxygen atoms in total. The molecule has 0 saturated heterocycles. The van der Waals surface area contributed by atoms with Crippen molar-refractivity contribution in [1.82, 2.24) is 0 Å². The first kappa shape index (κ1) is 15.3. The highest BCUT2D eigenvalue weighted by Crippen LogP contribution is 2.20. The molecular formula is C17H14O5. The molecule has 0 radical (unpaired) electrons. The number of para-hydroxylation sites is 1. The molecule has 0 heterocycles. The van der Waals surface area contributed by atoms with Crippen LogP contribution in [0.4, 0.5) is 0 Å². The summed E-state index contributed by atoms with van der Waals surface area (Å²) >= 11 is 0. The van der Waals surface area contributed by atoms with E-state index in [1.54, 1.807) is 18.2 Å². The van der Waals surface area contributed by atoms with Gasteiger partial charge in [0, 0.05) is 6.08 Å². The number of hydrogen-bond acceptors (Lipinski definition) is 4. The second-order valence-corrected chi connectivity index (χ2v) is 4.47. The topological polar surface area (TPSA) is 83.8 Å². The number of hydrogen-bond donors (Lipinski definition) is 2. The van der Waals surface area contributed by atoms with Gasteiger partial charge in [0.2, 0.25) is 5.76 Å². The molecule has 0 aliphatic heterocycles. The number of carbonyl (C=O) groups excluding carboxylic acids is 1. The number of rotatable bonds is 6. The van der Waals surface area contributed by atoms with Gasteiger partial charge in [0.15, 0.2) is 5.78 Å². The standard InChI is InChI=1S/C17H14O5/c18-14(10-15(19)17(20)21)13-8-4-5-9-16(13)22-11-12-6-2-1-3-7-12/h1-10,19H,11H2,(H,20,21)/b15-10-. The van der Waals surface area contributed by atoms with E-state index in [-0.39, 0.29) is 12.2 Å². The van der Waals surface area contributed by atoms with Crippen molar-refractivity contribution in [2.45, 2.75) is 6.61 Å². The highest BCUT2D eigenvalue weighted by Gasteiger charge is 2.13. The van der Waals surface area contributed by atoms with Gasteiger partial charge in [0.1, 0.15) is 12.4 Å². The Kier molecular flexibility index (Phi) is 4.93. The van der Waals surface area contributed by atoms with E-state index in [0.29, 0.717) is 11.8 Å². The molecule has 0 aliphatic rings. The van der Waals surface area contributed by atoms with Gasteiger partial charge in [-0.3, -0.25) is 4.79 Å². The molecule has 0 saturated carbocycles. The summed E-state index contributed by atoms with van der Waals surface area (Å²) < 4.78 is 5.61. The normalized spacial score (nSPS) is 11.0. The first-order valence-corrected chi connectivity index (χ1v) is 6.52. The van der Waals surface area contributed by atoms with Crippen LogP contribution < -0.4 is 4.74 Å².